The molecule has 0 saturated carbocycles. The number of hydrogen-bond donors (Lipinski definition) is 0. The summed E-state index contributed by atoms with van der Waals surface area (Å²) in [5, 5.41) is 0. The Hall–Kier alpha value is 0.0639. The molecular formula is C13H17Y-. The second-order valence-electron chi connectivity index (χ2n) is 3.02. The monoisotopic (exact) mass is 262 g/mol. The zero-order valence-electron chi connectivity index (χ0n) is 9.30. The Morgan fingerprint density at radius 2 is 1.93 bits per heavy atom. The predicted octanol–water partition coefficient (Wildman–Crippen LogP) is 3.78. The van der Waals surface area contributed by atoms with Crippen LogP contribution in [0.25, 0.3) is 6.08 Å². The van der Waals surface area contributed by atoms with Crippen molar-refractivity contribution >= 4 is 6.08 Å². The third-order valence-electron chi connectivity index (χ3n) is 2.08. The Labute approximate surface area is 113 Å². The summed E-state index contributed by atoms with van der Waals surface area (Å²) in [4.78, 5) is 0. The van der Waals surface area contributed by atoms with Crippen molar-refractivity contribution in [1.29, 1.82) is 0 Å². The van der Waals surface area contributed by atoms with Crippen LogP contribution >= 0.6 is 0 Å². The van der Waals surface area contributed by atoms with E-state index in [0.29, 0.717) is 0 Å². The van der Waals surface area contributed by atoms with Gasteiger partial charge in [0, 0.05) is 32.7 Å². The molecule has 73 valence electrons. The van der Waals surface area contributed by atoms with Gasteiger partial charge in [0.05, 0.1) is 0 Å². The normalized spacial score (nSPS) is 11.9. The van der Waals surface area contributed by atoms with Crippen LogP contribution < -0.4 is 0 Å². The molecule has 0 atom stereocenters. The summed E-state index contributed by atoms with van der Waals surface area (Å²) >= 11 is 0. The van der Waals surface area contributed by atoms with Gasteiger partial charge in [-0.25, -0.2) is 0 Å². The molecule has 0 fully saturated rings. The topological polar surface area (TPSA) is 0 Å². The first-order valence-electron chi connectivity index (χ1n) is 5.04. The molecule has 1 radical (unpaired) electrons. The first-order valence-corrected chi connectivity index (χ1v) is 5.04. The number of aryl methyl sites for hydroxylation is 2. The molecule has 14 heavy (non-hydrogen) atoms. The van der Waals surface area contributed by atoms with E-state index in [1.54, 1.807) is 0 Å². The molecule has 1 aromatic rings. The van der Waals surface area contributed by atoms with Gasteiger partial charge in [-0.15, -0.1) is 47.0 Å². The van der Waals surface area contributed by atoms with Crippen LogP contribution in [0.2, 0.25) is 0 Å². The molecule has 1 aliphatic rings. The van der Waals surface area contributed by atoms with Gasteiger partial charge >= 0.3 is 0 Å². The van der Waals surface area contributed by atoms with Crippen molar-refractivity contribution in [2.24, 2.45) is 0 Å². The van der Waals surface area contributed by atoms with E-state index in [2.05, 4.69) is 37.3 Å². The minimum Gasteiger partial charge on any atom is -0.147 e. The van der Waals surface area contributed by atoms with Crippen LogP contribution in [0.5, 0.6) is 0 Å². The molecule has 1 aromatic carbocycles. The zero-order chi connectivity index (χ0) is 9.68. The summed E-state index contributed by atoms with van der Waals surface area (Å²) in [6.07, 6.45) is 6.76. The first-order chi connectivity index (χ1) is 6.36. The maximum absolute atomic E-state index is 3.34. The first kappa shape index (κ1) is 14.1. The predicted molar refractivity (Wildman–Crippen MR) is 58.7 cm³/mol. The second kappa shape index (κ2) is 7.37. The Bertz CT molecular complexity index is 300. The van der Waals surface area contributed by atoms with E-state index < -0.39 is 0 Å². The van der Waals surface area contributed by atoms with Gasteiger partial charge in [-0.05, 0) is 6.42 Å². The fourth-order valence-corrected chi connectivity index (χ4v) is 1.46. The van der Waals surface area contributed by atoms with Crippen LogP contribution in [-0.4, -0.2) is 0 Å². The standard InChI is InChI=1S/C11H11.C2H6.Y/c1-9-6-7-10-4-2-3-5-11(10)8-9;1-2;/h3,5-7H,2,4H2,1H3;1-2H3;/q-1;;. The molecule has 0 nitrogen and oxygen atoms in total. The van der Waals surface area contributed by atoms with Gasteiger partial charge in [-0.3, -0.25) is 0 Å². The molecule has 0 heterocycles. The molecule has 0 spiro atoms. The second-order valence-corrected chi connectivity index (χ2v) is 3.02. The van der Waals surface area contributed by atoms with Crippen molar-refractivity contribution in [1.82, 2.24) is 0 Å². The summed E-state index contributed by atoms with van der Waals surface area (Å²) in [6, 6.07) is 7.69. The Kier molecular flexibility index (Phi) is 7.40. The van der Waals surface area contributed by atoms with Crippen LogP contribution in [0.4, 0.5) is 0 Å². The number of hydrogen-bond acceptors (Lipinski definition) is 0. The molecule has 0 bridgehead atoms. The average Bonchev–Trinajstić information content (AvgIpc) is 2.21. The molecule has 0 amide bonds. The van der Waals surface area contributed by atoms with Crippen molar-refractivity contribution in [3.63, 3.8) is 0 Å². The molecule has 1 heteroatoms. The molecule has 0 aromatic heterocycles. The maximum Gasteiger partial charge on any atom is 0 e. The average molecular weight is 262 g/mol. The van der Waals surface area contributed by atoms with Crippen LogP contribution in [0.1, 0.15) is 37.0 Å². The Morgan fingerprint density at radius 1 is 1.21 bits per heavy atom. The Balaban J connectivity index is 0.000000531. The van der Waals surface area contributed by atoms with Gasteiger partial charge in [0.1, 0.15) is 0 Å². The number of allylic oxidation sites excluding steroid dienone is 1. The smallest absolute Gasteiger partial charge is 0 e. The van der Waals surface area contributed by atoms with Crippen molar-refractivity contribution in [3.8, 4) is 0 Å². The van der Waals surface area contributed by atoms with E-state index >= 15 is 0 Å². The third kappa shape index (κ3) is 3.67. The summed E-state index contributed by atoms with van der Waals surface area (Å²) < 4.78 is 0. The maximum atomic E-state index is 3.34. The Morgan fingerprint density at radius 3 is 2.64 bits per heavy atom. The van der Waals surface area contributed by atoms with Gasteiger partial charge in [-0.2, -0.15) is 0 Å². The van der Waals surface area contributed by atoms with Gasteiger partial charge in [0.25, 0.3) is 0 Å². The third-order valence-corrected chi connectivity index (χ3v) is 2.08. The van der Waals surface area contributed by atoms with Gasteiger partial charge in [-0.1, -0.05) is 27.2 Å². The van der Waals surface area contributed by atoms with Crippen molar-refractivity contribution in [2.75, 3.05) is 0 Å². The fourth-order valence-electron chi connectivity index (χ4n) is 1.46. The number of rotatable bonds is 0. The molecule has 0 aliphatic heterocycles. The molecule has 0 unspecified atom stereocenters. The van der Waals surface area contributed by atoms with E-state index in [1.165, 1.54) is 29.5 Å². The number of benzene rings is 1. The number of fused-ring (bicyclic) bond motifs is 1. The quantitative estimate of drug-likeness (QED) is 0.624. The largest absolute Gasteiger partial charge is 0.147 e. The summed E-state index contributed by atoms with van der Waals surface area (Å²) in [5.41, 5.74) is 3.96. The van der Waals surface area contributed by atoms with Crippen LogP contribution in [0.3, 0.4) is 0 Å². The molecule has 0 saturated heterocycles. The van der Waals surface area contributed by atoms with E-state index in [1.807, 2.05) is 13.8 Å². The summed E-state index contributed by atoms with van der Waals surface area (Å²) in [6.45, 7) is 6.09. The van der Waals surface area contributed by atoms with Crippen LogP contribution in [-0.2, 0) is 39.1 Å². The fraction of sp³-hybridized carbons (Fsp3) is 0.385. The molecule has 2 rings (SSSR count). The van der Waals surface area contributed by atoms with Crippen molar-refractivity contribution in [3.05, 3.63) is 41.0 Å². The molecule has 0 N–H and O–H groups in total. The van der Waals surface area contributed by atoms with Crippen molar-refractivity contribution < 1.29 is 32.7 Å². The SMILES string of the molecule is CC.Cc1[c-]c2c(cc1)CCC=C2.[Y]. The van der Waals surface area contributed by atoms with E-state index in [9.17, 15) is 0 Å². The van der Waals surface area contributed by atoms with Crippen LogP contribution in [0, 0.1) is 13.0 Å². The molecule has 1 aliphatic carbocycles. The summed E-state index contributed by atoms with van der Waals surface area (Å²) in [5.74, 6) is 0. The van der Waals surface area contributed by atoms with Gasteiger partial charge in [0.15, 0.2) is 0 Å². The van der Waals surface area contributed by atoms with E-state index in [0.717, 1.165) is 0 Å². The minimum absolute atomic E-state index is 0. The van der Waals surface area contributed by atoms with Crippen molar-refractivity contribution in [2.45, 2.75) is 33.6 Å². The van der Waals surface area contributed by atoms with E-state index in [-0.39, 0.29) is 32.7 Å². The molecular weight excluding hydrogens is 245 g/mol. The summed E-state index contributed by atoms with van der Waals surface area (Å²) in [7, 11) is 0. The minimum atomic E-state index is 0. The zero-order valence-corrected chi connectivity index (χ0v) is 12.1. The van der Waals surface area contributed by atoms with Gasteiger partial charge < -0.3 is 0 Å². The van der Waals surface area contributed by atoms with E-state index in [4.69, 9.17) is 0 Å². The van der Waals surface area contributed by atoms with Gasteiger partial charge in [0.2, 0.25) is 0 Å². The van der Waals surface area contributed by atoms with Crippen LogP contribution in [0.15, 0.2) is 18.2 Å².